The summed E-state index contributed by atoms with van der Waals surface area (Å²) in [6.07, 6.45) is 0. The van der Waals surface area contributed by atoms with E-state index in [2.05, 4.69) is 51.4 Å². The van der Waals surface area contributed by atoms with Crippen LogP contribution in [0.15, 0.2) is 66.7 Å². The highest BCUT2D eigenvalue weighted by molar-refractivity contribution is 7.27. The van der Waals surface area contributed by atoms with E-state index in [1.165, 1.54) is 11.1 Å². The van der Waals surface area contributed by atoms with Gasteiger partial charge in [-0.15, -0.1) is 9.24 Å². The van der Waals surface area contributed by atoms with Crippen LogP contribution in [0.5, 0.6) is 0 Å². The first-order valence-electron chi connectivity index (χ1n) is 7.65. The summed E-state index contributed by atoms with van der Waals surface area (Å²) in [6.45, 7) is 1.93. The standard InChI is InChI=1S/C22H16NP/c1-16-13-17(8-10-21(16)15-23)7-9-19-11-12-20(14-22(19)24)18-5-3-2-4-6-18/h2-6,8,10-14H,24H2,1H3. The van der Waals surface area contributed by atoms with Crippen LogP contribution in [-0.4, -0.2) is 0 Å². The highest BCUT2D eigenvalue weighted by Gasteiger charge is 2.01. The molecule has 0 spiro atoms. The molecule has 2 heteroatoms. The molecule has 114 valence electrons. The van der Waals surface area contributed by atoms with E-state index in [1.54, 1.807) is 0 Å². The molecular formula is C22H16NP. The monoisotopic (exact) mass is 325 g/mol. The summed E-state index contributed by atoms with van der Waals surface area (Å²) >= 11 is 0. The Morgan fingerprint density at radius 3 is 2.21 bits per heavy atom. The van der Waals surface area contributed by atoms with Gasteiger partial charge < -0.3 is 0 Å². The molecule has 3 aromatic rings. The summed E-state index contributed by atoms with van der Waals surface area (Å²) in [7, 11) is 2.76. The van der Waals surface area contributed by atoms with Crippen LogP contribution in [0.4, 0.5) is 0 Å². The lowest BCUT2D eigenvalue weighted by Gasteiger charge is -2.04. The SMILES string of the molecule is Cc1cc(C#Cc2ccc(-c3ccccc3)cc2P)ccc1C#N. The second-order valence-electron chi connectivity index (χ2n) is 5.56. The number of hydrogen-bond donors (Lipinski definition) is 0. The Kier molecular flexibility index (Phi) is 4.77. The molecule has 0 saturated heterocycles. The first kappa shape index (κ1) is 16.0. The number of aryl methyl sites for hydroxylation is 1. The third-order valence-electron chi connectivity index (χ3n) is 3.85. The predicted octanol–water partition coefficient (Wildman–Crippen LogP) is 4.43. The van der Waals surface area contributed by atoms with Gasteiger partial charge >= 0.3 is 0 Å². The minimum atomic E-state index is 0.694. The lowest BCUT2D eigenvalue weighted by molar-refractivity contribution is 1.38. The molecule has 0 fully saturated rings. The van der Waals surface area contributed by atoms with Crippen LogP contribution in [0.2, 0.25) is 0 Å². The number of rotatable bonds is 1. The first-order valence-corrected chi connectivity index (χ1v) is 8.23. The lowest BCUT2D eigenvalue weighted by atomic mass is 10.0. The van der Waals surface area contributed by atoms with Crippen LogP contribution >= 0.6 is 9.24 Å². The molecule has 0 aromatic heterocycles. The maximum absolute atomic E-state index is 8.98. The van der Waals surface area contributed by atoms with Gasteiger partial charge in [-0.1, -0.05) is 48.2 Å². The molecule has 1 unspecified atom stereocenters. The van der Waals surface area contributed by atoms with E-state index >= 15 is 0 Å². The maximum atomic E-state index is 8.98. The van der Waals surface area contributed by atoms with Gasteiger partial charge in [-0.2, -0.15) is 5.26 Å². The summed E-state index contributed by atoms with van der Waals surface area (Å²) in [5.41, 5.74) is 5.93. The van der Waals surface area contributed by atoms with Crippen molar-refractivity contribution < 1.29 is 0 Å². The minimum absolute atomic E-state index is 0.694. The Morgan fingerprint density at radius 2 is 1.54 bits per heavy atom. The number of hydrogen-bond acceptors (Lipinski definition) is 1. The molecule has 0 amide bonds. The minimum Gasteiger partial charge on any atom is -0.192 e. The lowest BCUT2D eigenvalue weighted by Crippen LogP contribution is -1.98. The molecule has 3 rings (SSSR count). The van der Waals surface area contributed by atoms with E-state index in [9.17, 15) is 0 Å². The van der Waals surface area contributed by atoms with E-state index in [-0.39, 0.29) is 0 Å². The van der Waals surface area contributed by atoms with Gasteiger partial charge in [0.1, 0.15) is 0 Å². The Hall–Kier alpha value is -2.86. The van der Waals surface area contributed by atoms with Crippen LogP contribution in [0.3, 0.4) is 0 Å². The van der Waals surface area contributed by atoms with Gasteiger partial charge in [-0.25, -0.2) is 0 Å². The molecule has 0 aliphatic heterocycles. The van der Waals surface area contributed by atoms with Crippen molar-refractivity contribution in [2.45, 2.75) is 6.92 Å². The van der Waals surface area contributed by atoms with E-state index in [0.717, 1.165) is 22.0 Å². The van der Waals surface area contributed by atoms with Crippen molar-refractivity contribution in [2.24, 2.45) is 0 Å². The Bertz CT molecular complexity index is 986. The molecule has 0 saturated carbocycles. The largest absolute Gasteiger partial charge is 0.192 e. The van der Waals surface area contributed by atoms with Crippen molar-refractivity contribution in [3.05, 3.63) is 89.0 Å². The zero-order valence-corrected chi connectivity index (χ0v) is 14.5. The summed E-state index contributed by atoms with van der Waals surface area (Å²) < 4.78 is 0. The quantitative estimate of drug-likeness (QED) is 0.479. The van der Waals surface area contributed by atoms with E-state index in [4.69, 9.17) is 5.26 Å². The molecule has 0 N–H and O–H groups in total. The zero-order chi connectivity index (χ0) is 16.9. The number of nitriles is 1. The van der Waals surface area contributed by atoms with Crippen LogP contribution in [0.25, 0.3) is 11.1 Å². The highest BCUT2D eigenvalue weighted by atomic mass is 31.0. The smallest absolute Gasteiger partial charge is 0.0994 e. The molecule has 0 aliphatic rings. The second kappa shape index (κ2) is 7.14. The summed E-state index contributed by atoms with van der Waals surface area (Å²) in [6, 6.07) is 24.4. The zero-order valence-electron chi connectivity index (χ0n) is 13.4. The Balaban J connectivity index is 1.90. The van der Waals surface area contributed by atoms with Crippen LogP contribution in [-0.2, 0) is 0 Å². The van der Waals surface area contributed by atoms with Crippen molar-refractivity contribution >= 4 is 14.5 Å². The van der Waals surface area contributed by atoms with E-state index in [0.29, 0.717) is 5.56 Å². The van der Waals surface area contributed by atoms with Crippen molar-refractivity contribution in [1.29, 1.82) is 5.26 Å². The number of benzene rings is 3. The molecule has 0 radical (unpaired) electrons. The third kappa shape index (κ3) is 3.55. The fourth-order valence-electron chi connectivity index (χ4n) is 2.49. The fraction of sp³-hybridized carbons (Fsp3) is 0.0455. The molecule has 3 aromatic carbocycles. The van der Waals surface area contributed by atoms with Crippen molar-refractivity contribution in [2.75, 3.05) is 0 Å². The van der Waals surface area contributed by atoms with Crippen LogP contribution in [0.1, 0.15) is 22.3 Å². The van der Waals surface area contributed by atoms with E-state index < -0.39 is 0 Å². The van der Waals surface area contributed by atoms with Gasteiger partial charge in [0.15, 0.2) is 0 Å². The third-order valence-corrected chi connectivity index (χ3v) is 4.32. The number of nitrogens with zero attached hydrogens (tertiary/aromatic N) is 1. The molecule has 24 heavy (non-hydrogen) atoms. The molecule has 1 atom stereocenters. The molecular weight excluding hydrogens is 309 g/mol. The van der Waals surface area contributed by atoms with Crippen LogP contribution in [0, 0.1) is 30.1 Å². The molecule has 0 heterocycles. The predicted molar refractivity (Wildman–Crippen MR) is 103 cm³/mol. The van der Waals surface area contributed by atoms with Gasteiger partial charge in [0.25, 0.3) is 0 Å². The normalized spacial score (nSPS) is 9.71. The molecule has 0 aliphatic carbocycles. The van der Waals surface area contributed by atoms with Gasteiger partial charge in [0.2, 0.25) is 0 Å². The Morgan fingerprint density at radius 1 is 0.792 bits per heavy atom. The van der Waals surface area contributed by atoms with Gasteiger partial charge in [0.05, 0.1) is 11.6 Å². The van der Waals surface area contributed by atoms with Crippen molar-refractivity contribution in [1.82, 2.24) is 0 Å². The summed E-state index contributed by atoms with van der Waals surface area (Å²) in [5.74, 6) is 6.40. The maximum Gasteiger partial charge on any atom is 0.0994 e. The van der Waals surface area contributed by atoms with Gasteiger partial charge in [-0.3, -0.25) is 0 Å². The summed E-state index contributed by atoms with van der Waals surface area (Å²) in [5, 5.41) is 10.1. The topological polar surface area (TPSA) is 23.8 Å². The average molecular weight is 325 g/mol. The van der Waals surface area contributed by atoms with Gasteiger partial charge in [-0.05, 0) is 59.3 Å². The van der Waals surface area contributed by atoms with Gasteiger partial charge in [0, 0.05) is 11.1 Å². The molecule has 0 bridgehead atoms. The average Bonchev–Trinajstić information content (AvgIpc) is 2.61. The Labute approximate surface area is 145 Å². The van der Waals surface area contributed by atoms with E-state index in [1.807, 2.05) is 49.4 Å². The second-order valence-corrected chi connectivity index (χ2v) is 6.18. The summed E-state index contributed by atoms with van der Waals surface area (Å²) in [4.78, 5) is 0. The highest BCUT2D eigenvalue weighted by Crippen LogP contribution is 2.19. The van der Waals surface area contributed by atoms with Crippen LogP contribution < -0.4 is 5.30 Å². The van der Waals surface area contributed by atoms with Crippen molar-refractivity contribution in [3.8, 4) is 29.0 Å². The first-order chi connectivity index (χ1) is 11.7. The molecule has 1 nitrogen and oxygen atoms in total. The van der Waals surface area contributed by atoms with Crippen molar-refractivity contribution in [3.63, 3.8) is 0 Å². The fourth-order valence-corrected chi connectivity index (χ4v) is 2.84.